The average Bonchev–Trinajstić information content (AvgIpc) is 3.01. The number of thioether (sulfide) groups is 1. The van der Waals surface area contributed by atoms with Gasteiger partial charge in [-0.3, -0.25) is 19.3 Å². The number of nitrogens with zero attached hydrogens (tertiary/aromatic N) is 1. The van der Waals surface area contributed by atoms with Crippen LogP contribution >= 0.6 is 23.4 Å². The zero-order chi connectivity index (χ0) is 22.5. The Morgan fingerprint density at radius 2 is 1.87 bits per heavy atom. The molecule has 0 aliphatic carbocycles. The third kappa shape index (κ3) is 5.00. The lowest BCUT2D eigenvalue weighted by atomic mass is 10.0. The first-order valence-electron chi connectivity index (χ1n) is 9.27. The van der Waals surface area contributed by atoms with Gasteiger partial charge < -0.3 is 9.47 Å². The Balaban J connectivity index is 1.86. The molecule has 2 aromatic rings. The minimum absolute atomic E-state index is 0.227. The number of imide groups is 1. The Morgan fingerprint density at radius 3 is 2.48 bits per heavy atom. The fourth-order valence-corrected chi connectivity index (χ4v) is 4.08. The number of ether oxygens (including phenoxy) is 2. The van der Waals surface area contributed by atoms with Crippen LogP contribution in [0.1, 0.15) is 21.5 Å². The third-order valence-electron chi connectivity index (χ3n) is 4.58. The van der Waals surface area contributed by atoms with E-state index in [9.17, 15) is 14.4 Å². The van der Waals surface area contributed by atoms with E-state index >= 15 is 0 Å². The summed E-state index contributed by atoms with van der Waals surface area (Å²) >= 11 is 6.63. The molecule has 0 bridgehead atoms. The van der Waals surface area contributed by atoms with Crippen LogP contribution in [-0.2, 0) is 11.2 Å². The van der Waals surface area contributed by atoms with Gasteiger partial charge in [-0.25, -0.2) is 0 Å². The van der Waals surface area contributed by atoms with E-state index < -0.39 is 11.1 Å². The predicted octanol–water partition coefficient (Wildman–Crippen LogP) is 5.00. The molecular formula is C23H20ClNO5S. The van der Waals surface area contributed by atoms with Crippen molar-refractivity contribution in [2.45, 2.75) is 6.42 Å². The molecule has 160 valence electrons. The van der Waals surface area contributed by atoms with Gasteiger partial charge in [0, 0.05) is 16.1 Å². The molecule has 1 fully saturated rings. The minimum atomic E-state index is -0.516. The lowest BCUT2D eigenvalue weighted by molar-refractivity contribution is -0.122. The molecule has 0 saturated carbocycles. The van der Waals surface area contributed by atoms with Gasteiger partial charge in [-0.2, -0.15) is 0 Å². The Hall–Kier alpha value is -3.03. The quantitative estimate of drug-likeness (QED) is 0.315. The smallest absolute Gasteiger partial charge is 0.293 e. The molecule has 3 rings (SSSR count). The lowest BCUT2D eigenvalue weighted by Crippen LogP contribution is -2.33. The number of hydrogen-bond donors (Lipinski definition) is 0. The number of carbonyl (C=O) groups is 3. The van der Waals surface area contributed by atoms with Gasteiger partial charge in [-0.15, -0.1) is 6.58 Å². The van der Waals surface area contributed by atoms with Crippen molar-refractivity contribution in [1.29, 1.82) is 0 Å². The summed E-state index contributed by atoms with van der Waals surface area (Å²) in [7, 11) is 3.07. The van der Waals surface area contributed by atoms with Gasteiger partial charge in [0.1, 0.15) is 0 Å². The predicted molar refractivity (Wildman–Crippen MR) is 122 cm³/mol. The summed E-state index contributed by atoms with van der Waals surface area (Å²) in [6.45, 7) is 3.41. The number of benzene rings is 2. The first-order chi connectivity index (χ1) is 14.9. The molecule has 0 radical (unpaired) electrons. The van der Waals surface area contributed by atoms with Crippen LogP contribution in [0.4, 0.5) is 4.79 Å². The van der Waals surface area contributed by atoms with Gasteiger partial charge in [0.15, 0.2) is 17.3 Å². The number of amides is 2. The van der Waals surface area contributed by atoms with Gasteiger partial charge in [0.2, 0.25) is 0 Å². The highest BCUT2D eigenvalue weighted by Crippen LogP contribution is 2.37. The molecule has 0 N–H and O–H groups in total. The summed E-state index contributed by atoms with van der Waals surface area (Å²) in [5.74, 6) is 0.225. The molecule has 1 saturated heterocycles. The van der Waals surface area contributed by atoms with E-state index in [1.165, 1.54) is 7.11 Å². The molecule has 0 atom stereocenters. The monoisotopic (exact) mass is 457 g/mol. The normalized spacial score (nSPS) is 14.8. The maximum absolute atomic E-state index is 12.8. The van der Waals surface area contributed by atoms with E-state index in [4.69, 9.17) is 21.1 Å². The van der Waals surface area contributed by atoms with Gasteiger partial charge in [-0.05, 0) is 66.2 Å². The first-order valence-corrected chi connectivity index (χ1v) is 10.5. The molecule has 0 aromatic heterocycles. The maximum Gasteiger partial charge on any atom is 0.293 e. The van der Waals surface area contributed by atoms with E-state index in [1.54, 1.807) is 49.6 Å². The van der Waals surface area contributed by atoms with Crippen LogP contribution in [0.3, 0.4) is 0 Å². The van der Waals surface area contributed by atoms with Crippen LogP contribution in [0.2, 0.25) is 5.02 Å². The van der Waals surface area contributed by atoms with Crippen molar-refractivity contribution in [3.8, 4) is 11.5 Å². The SMILES string of the molecule is C=CCc1cc(/C=C2\SC(=O)N(CC(=O)c3ccc(Cl)cc3)C2=O)cc(OC)c1OC. The molecule has 1 aliphatic rings. The van der Waals surface area contributed by atoms with E-state index in [0.717, 1.165) is 22.2 Å². The van der Waals surface area contributed by atoms with Crippen molar-refractivity contribution in [3.05, 3.63) is 75.7 Å². The molecule has 2 amide bonds. The number of halogens is 1. The summed E-state index contributed by atoms with van der Waals surface area (Å²) in [5.41, 5.74) is 1.88. The van der Waals surface area contributed by atoms with E-state index in [2.05, 4.69) is 6.58 Å². The van der Waals surface area contributed by atoms with E-state index in [0.29, 0.717) is 34.1 Å². The molecule has 1 heterocycles. The molecule has 31 heavy (non-hydrogen) atoms. The number of methoxy groups -OCH3 is 2. The van der Waals surface area contributed by atoms with Crippen LogP contribution in [0.15, 0.2) is 54.0 Å². The molecule has 8 heteroatoms. The van der Waals surface area contributed by atoms with Crippen molar-refractivity contribution in [3.63, 3.8) is 0 Å². The Bertz CT molecular complexity index is 1080. The van der Waals surface area contributed by atoms with Crippen molar-refractivity contribution in [2.24, 2.45) is 0 Å². The number of Topliss-reactive ketones (excluding diaryl/α,β-unsaturated/α-hetero) is 1. The van der Waals surface area contributed by atoms with Crippen LogP contribution in [0.5, 0.6) is 11.5 Å². The topological polar surface area (TPSA) is 72.9 Å². The number of ketones is 1. The highest BCUT2D eigenvalue weighted by atomic mass is 35.5. The number of rotatable bonds is 8. The zero-order valence-corrected chi connectivity index (χ0v) is 18.6. The molecular weight excluding hydrogens is 438 g/mol. The number of carbonyl (C=O) groups excluding carboxylic acids is 3. The molecule has 0 spiro atoms. The lowest BCUT2D eigenvalue weighted by Gasteiger charge is -2.13. The molecule has 6 nitrogen and oxygen atoms in total. The number of allylic oxidation sites excluding steroid dienone is 1. The van der Waals surface area contributed by atoms with Gasteiger partial charge in [0.05, 0.1) is 25.7 Å². The van der Waals surface area contributed by atoms with Crippen molar-refractivity contribution in [2.75, 3.05) is 20.8 Å². The Labute approximate surface area is 189 Å². The van der Waals surface area contributed by atoms with Crippen LogP contribution in [0, 0.1) is 0 Å². The van der Waals surface area contributed by atoms with Crippen molar-refractivity contribution in [1.82, 2.24) is 4.90 Å². The average molecular weight is 458 g/mol. The highest BCUT2D eigenvalue weighted by Gasteiger charge is 2.36. The second kappa shape index (κ2) is 9.85. The molecule has 0 unspecified atom stereocenters. The van der Waals surface area contributed by atoms with E-state index in [-0.39, 0.29) is 17.2 Å². The fraction of sp³-hybridized carbons (Fsp3) is 0.174. The van der Waals surface area contributed by atoms with Crippen LogP contribution in [-0.4, -0.2) is 42.6 Å². The first kappa shape index (κ1) is 22.7. The van der Waals surface area contributed by atoms with Crippen LogP contribution < -0.4 is 9.47 Å². The van der Waals surface area contributed by atoms with Crippen molar-refractivity contribution >= 4 is 46.4 Å². The third-order valence-corrected chi connectivity index (χ3v) is 5.74. The number of hydrogen-bond acceptors (Lipinski definition) is 6. The van der Waals surface area contributed by atoms with Crippen molar-refractivity contribution < 1.29 is 23.9 Å². The summed E-state index contributed by atoms with van der Waals surface area (Å²) in [6.07, 6.45) is 3.88. The largest absolute Gasteiger partial charge is 0.493 e. The summed E-state index contributed by atoms with van der Waals surface area (Å²) in [5, 5.41) is 0.00162. The van der Waals surface area contributed by atoms with E-state index in [1.807, 2.05) is 6.07 Å². The summed E-state index contributed by atoms with van der Waals surface area (Å²) in [4.78, 5) is 38.8. The fourth-order valence-electron chi connectivity index (χ4n) is 3.12. The standard InChI is InChI=1S/C23H20ClNO5S/c1-4-5-16-10-14(11-19(29-2)21(16)30-3)12-20-22(27)25(23(28)31-20)13-18(26)15-6-8-17(24)9-7-15/h4,6-12H,1,5,13H2,2-3H3/b20-12-. The Morgan fingerprint density at radius 1 is 1.16 bits per heavy atom. The van der Waals surface area contributed by atoms with Gasteiger partial charge >= 0.3 is 0 Å². The second-order valence-corrected chi connectivity index (χ2v) is 8.04. The zero-order valence-electron chi connectivity index (χ0n) is 17.0. The summed E-state index contributed by atoms with van der Waals surface area (Å²) in [6, 6.07) is 9.85. The Kier molecular flexibility index (Phi) is 7.20. The second-order valence-electron chi connectivity index (χ2n) is 6.61. The molecule has 1 aliphatic heterocycles. The summed E-state index contributed by atoms with van der Waals surface area (Å²) < 4.78 is 10.8. The van der Waals surface area contributed by atoms with Crippen LogP contribution in [0.25, 0.3) is 6.08 Å². The van der Waals surface area contributed by atoms with Gasteiger partial charge in [0.25, 0.3) is 11.1 Å². The highest BCUT2D eigenvalue weighted by molar-refractivity contribution is 8.18. The maximum atomic E-state index is 12.8. The van der Waals surface area contributed by atoms with Gasteiger partial charge in [-0.1, -0.05) is 17.7 Å². The molecule has 2 aromatic carbocycles. The minimum Gasteiger partial charge on any atom is -0.493 e.